The number of hydrogen-bond donors (Lipinski definition) is 1. The van der Waals surface area contributed by atoms with E-state index in [4.69, 9.17) is 0 Å². The molecular weight excluding hydrogens is 430 g/mol. The van der Waals surface area contributed by atoms with Gasteiger partial charge in [0.1, 0.15) is 16.7 Å². The summed E-state index contributed by atoms with van der Waals surface area (Å²) in [5.41, 5.74) is 4.30. The van der Waals surface area contributed by atoms with E-state index in [9.17, 15) is 14.9 Å². The minimum absolute atomic E-state index is 0.0786. The maximum absolute atomic E-state index is 13.5. The van der Waals surface area contributed by atoms with Crippen molar-refractivity contribution in [1.29, 1.82) is 5.26 Å². The SMILES string of the molecule is Cc1ccc(NC(=O)/C(C#N)=C2\SC(Cc3ccccc3)C(=O)N2c2ccc(C)cc2)cc1. The van der Waals surface area contributed by atoms with Crippen LogP contribution in [-0.2, 0) is 16.0 Å². The minimum Gasteiger partial charge on any atom is -0.321 e. The molecule has 164 valence electrons. The van der Waals surface area contributed by atoms with Gasteiger partial charge in [-0.2, -0.15) is 5.26 Å². The summed E-state index contributed by atoms with van der Waals surface area (Å²) in [6.07, 6.45) is 0.508. The molecule has 0 bridgehead atoms. The number of nitrogens with one attached hydrogen (secondary N) is 1. The molecule has 0 saturated carbocycles. The second kappa shape index (κ2) is 9.76. The Balaban J connectivity index is 1.72. The third kappa shape index (κ3) is 5.00. The van der Waals surface area contributed by atoms with Crippen LogP contribution in [0, 0.1) is 25.2 Å². The van der Waals surface area contributed by atoms with Gasteiger partial charge in [0, 0.05) is 11.4 Å². The van der Waals surface area contributed by atoms with E-state index >= 15 is 0 Å². The van der Waals surface area contributed by atoms with Crippen LogP contribution < -0.4 is 10.2 Å². The standard InChI is InChI=1S/C27H23N3O2S/c1-18-8-12-21(13-9-18)29-25(31)23(17-28)27-30(22-14-10-19(2)11-15-22)26(32)24(33-27)16-20-6-4-3-5-7-20/h3-15,24H,16H2,1-2H3,(H,29,31)/b27-23-. The van der Waals surface area contributed by atoms with Crippen LogP contribution in [0.4, 0.5) is 11.4 Å². The van der Waals surface area contributed by atoms with Crippen LogP contribution in [0.5, 0.6) is 0 Å². The first kappa shape index (κ1) is 22.4. The van der Waals surface area contributed by atoms with Crippen molar-refractivity contribution in [2.75, 3.05) is 10.2 Å². The van der Waals surface area contributed by atoms with E-state index in [1.54, 1.807) is 12.1 Å². The van der Waals surface area contributed by atoms with Crippen LogP contribution >= 0.6 is 11.8 Å². The number of thioether (sulfide) groups is 1. The van der Waals surface area contributed by atoms with Crippen molar-refractivity contribution < 1.29 is 9.59 Å². The number of carbonyl (C=O) groups excluding carboxylic acids is 2. The molecule has 0 spiro atoms. The highest BCUT2D eigenvalue weighted by atomic mass is 32.2. The number of nitriles is 1. The number of aryl methyl sites for hydroxylation is 2. The maximum atomic E-state index is 13.5. The summed E-state index contributed by atoms with van der Waals surface area (Å²) in [7, 11) is 0. The van der Waals surface area contributed by atoms with Crippen LogP contribution in [0.2, 0.25) is 0 Å². The van der Waals surface area contributed by atoms with E-state index < -0.39 is 11.2 Å². The highest BCUT2D eigenvalue weighted by molar-refractivity contribution is 8.05. The largest absolute Gasteiger partial charge is 0.321 e. The summed E-state index contributed by atoms with van der Waals surface area (Å²) in [5, 5.41) is 12.6. The quantitative estimate of drug-likeness (QED) is 0.416. The zero-order chi connectivity index (χ0) is 23.4. The third-order valence-electron chi connectivity index (χ3n) is 5.37. The highest BCUT2D eigenvalue weighted by Crippen LogP contribution is 2.42. The van der Waals surface area contributed by atoms with Crippen molar-refractivity contribution in [3.8, 4) is 6.07 Å². The predicted molar refractivity (Wildman–Crippen MR) is 133 cm³/mol. The van der Waals surface area contributed by atoms with Crippen LogP contribution in [0.15, 0.2) is 89.5 Å². The molecule has 0 aliphatic carbocycles. The number of anilines is 2. The smallest absolute Gasteiger partial charge is 0.269 e. The van der Waals surface area contributed by atoms with E-state index in [2.05, 4.69) is 5.32 Å². The van der Waals surface area contributed by atoms with E-state index in [-0.39, 0.29) is 11.5 Å². The Morgan fingerprint density at radius 3 is 2.18 bits per heavy atom. The Labute approximate surface area is 197 Å². The third-order valence-corrected chi connectivity index (χ3v) is 6.63. The topological polar surface area (TPSA) is 73.2 Å². The van der Waals surface area contributed by atoms with Crippen LogP contribution in [-0.4, -0.2) is 17.1 Å². The lowest BCUT2D eigenvalue weighted by Gasteiger charge is -2.19. The Kier molecular flexibility index (Phi) is 6.62. The fourth-order valence-electron chi connectivity index (χ4n) is 3.57. The molecule has 1 fully saturated rings. The van der Waals surface area contributed by atoms with Crippen molar-refractivity contribution in [2.24, 2.45) is 0 Å². The van der Waals surface area contributed by atoms with E-state index in [1.807, 2.05) is 86.6 Å². The molecule has 1 heterocycles. The maximum Gasteiger partial charge on any atom is 0.269 e. The average Bonchev–Trinajstić information content (AvgIpc) is 3.12. The molecular formula is C27H23N3O2S. The molecule has 1 N–H and O–H groups in total. The number of nitrogens with zero attached hydrogens (tertiary/aromatic N) is 2. The summed E-state index contributed by atoms with van der Waals surface area (Å²) in [6, 6.07) is 26.6. The number of amides is 2. The Morgan fingerprint density at radius 2 is 1.58 bits per heavy atom. The van der Waals surface area contributed by atoms with Crippen molar-refractivity contribution in [1.82, 2.24) is 0 Å². The summed E-state index contributed by atoms with van der Waals surface area (Å²) in [4.78, 5) is 28.1. The molecule has 3 aromatic rings. The molecule has 1 unspecified atom stereocenters. The van der Waals surface area contributed by atoms with Gasteiger partial charge in [0.2, 0.25) is 5.91 Å². The average molecular weight is 454 g/mol. The number of carbonyl (C=O) groups is 2. The van der Waals surface area contributed by atoms with Gasteiger partial charge in [0.25, 0.3) is 5.91 Å². The lowest BCUT2D eigenvalue weighted by Crippen LogP contribution is -2.30. The summed E-state index contributed by atoms with van der Waals surface area (Å²) in [5.74, 6) is -0.673. The normalized spacial score (nSPS) is 16.9. The Morgan fingerprint density at radius 1 is 0.970 bits per heavy atom. The zero-order valence-electron chi connectivity index (χ0n) is 18.4. The molecule has 1 aliphatic rings. The van der Waals surface area contributed by atoms with Crippen LogP contribution in [0.25, 0.3) is 0 Å². The first-order chi connectivity index (χ1) is 16.0. The van der Waals surface area contributed by atoms with Gasteiger partial charge in [-0.1, -0.05) is 77.5 Å². The van der Waals surface area contributed by atoms with E-state index in [0.717, 1.165) is 16.7 Å². The molecule has 1 atom stereocenters. The molecule has 1 saturated heterocycles. The fraction of sp³-hybridized carbons (Fsp3) is 0.148. The molecule has 6 heteroatoms. The molecule has 0 aromatic heterocycles. The van der Waals surface area contributed by atoms with Gasteiger partial charge in [-0.3, -0.25) is 14.5 Å². The van der Waals surface area contributed by atoms with Crippen molar-refractivity contribution in [2.45, 2.75) is 25.5 Å². The molecule has 1 aliphatic heterocycles. The van der Waals surface area contributed by atoms with Gasteiger partial charge < -0.3 is 5.32 Å². The van der Waals surface area contributed by atoms with Gasteiger partial charge in [0.15, 0.2) is 0 Å². The first-order valence-corrected chi connectivity index (χ1v) is 11.5. The predicted octanol–water partition coefficient (Wildman–Crippen LogP) is 5.37. The highest BCUT2D eigenvalue weighted by Gasteiger charge is 2.40. The zero-order valence-corrected chi connectivity index (χ0v) is 19.2. The van der Waals surface area contributed by atoms with Gasteiger partial charge in [-0.05, 0) is 50.1 Å². The number of hydrogen-bond acceptors (Lipinski definition) is 4. The number of rotatable bonds is 5. The van der Waals surface area contributed by atoms with Gasteiger partial charge in [-0.15, -0.1) is 0 Å². The van der Waals surface area contributed by atoms with E-state index in [1.165, 1.54) is 16.7 Å². The summed E-state index contributed by atoms with van der Waals surface area (Å²) < 4.78 is 0. The van der Waals surface area contributed by atoms with Gasteiger partial charge >= 0.3 is 0 Å². The monoisotopic (exact) mass is 453 g/mol. The summed E-state index contributed by atoms with van der Waals surface area (Å²) in [6.45, 7) is 3.93. The second-order valence-corrected chi connectivity index (χ2v) is 9.11. The fourth-order valence-corrected chi connectivity index (χ4v) is 4.88. The molecule has 2 amide bonds. The molecule has 4 rings (SSSR count). The molecule has 33 heavy (non-hydrogen) atoms. The minimum atomic E-state index is -0.533. The van der Waals surface area contributed by atoms with Crippen LogP contribution in [0.1, 0.15) is 16.7 Å². The molecule has 3 aromatic carbocycles. The second-order valence-electron chi connectivity index (χ2n) is 7.92. The number of benzene rings is 3. The van der Waals surface area contributed by atoms with Crippen LogP contribution in [0.3, 0.4) is 0 Å². The Bertz CT molecular complexity index is 1240. The van der Waals surface area contributed by atoms with Crippen molar-refractivity contribution >= 4 is 35.0 Å². The lowest BCUT2D eigenvalue weighted by atomic mass is 10.1. The van der Waals surface area contributed by atoms with Gasteiger partial charge in [-0.25, -0.2) is 0 Å². The summed E-state index contributed by atoms with van der Waals surface area (Å²) >= 11 is 1.27. The van der Waals surface area contributed by atoms with Crippen molar-refractivity contribution in [3.63, 3.8) is 0 Å². The molecule has 5 nitrogen and oxygen atoms in total. The molecule has 0 radical (unpaired) electrons. The van der Waals surface area contributed by atoms with E-state index in [0.29, 0.717) is 22.8 Å². The van der Waals surface area contributed by atoms with Crippen molar-refractivity contribution in [3.05, 3.63) is 106 Å². The lowest BCUT2D eigenvalue weighted by molar-refractivity contribution is -0.117. The Hall–Kier alpha value is -3.82. The van der Waals surface area contributed by atoms with Gasteiger partial charge in [0.05, 0.1) is 5.25 Å². The first-order valence-electron chi connectivity index (χ1n) is 10.6.